The number of hydrogen-bond acceptors (Lipinski definition) is 3. The predicted octanol–water partition coefficient (Wildman–Crippen LogP) is 4.01. The number of ether oxygens (including phenoxy) is 1. The van der Waals surface area contributed by atoms with Crippen molar-refractivity contribution in [3.8, 4) is 11.8 Å². The Bertz CT molecular complexity index is 640. The van der Waals surface area contributed by atoms with Crippen molar-refractivity contribution in [1.82, 2.24) is 0 Å². The van der Waals surface area contributed by atoms with Crippen molar-refractivity contribution < 1.29 is 13.5 Å². The summed E-state index contributed by atoms with van der Waals surface area (Å²) in [5.74, 6) is -0.606. The van der Waals surface area contributed by atoms with E-state index in [1.54, 1.807) is 24.3 Å². The molecule has 2 aromatic carbocycles. The first kappa shape index (κ1) is 14.4. The Balaban J connectivity index is 1.85. The van der Waals surface area contributed by atoms with E-state index < -0.39 is 11.6 Å². The Morgan fingerprint density at radius 1 is 1.10 bits per heavy atom. The quantitative estimate of drug-likeness (QED) is 0.616. The van der Waals surface area contributed by atoms with Crippen molar-refractivity contribution in [3.63, 3.8) is 0 Å². The van der Waals surface area contributed by atoms with Crippen molar-refractivity contribution in [2.45, 2.75) is 4.90 Å². The van der Waals surface area contributed by atoms with Gasteiger partial charge in [0.15, 0.2) is 11.6 Å². The maximum atomic E-state index is 13.0. The van der Waals surface area contributed by atoms with Gasteiger partial charge in [0.2, 0.25) is 0 Å². The van der Waals surface area contributed by atoms with Crippen LogP contribution in [0.5, 0.6) is 5.75 Å². The van der Waals surface area contributed by atoms with Crippen LogP contribution in [-0.4, -0.2) is 12.4 Å². The molecule has 5 heteroatoms. The second-order valence-electron chi connectivity index (χ2n) is 3.88. The third-order valence-corrected chi connectivity index (χ3v) is 3.47. The monoisotopic (exact) mass is 291 g/mol. The lowest BCUT2D eigenvalue weighted by molar-refractivity contribution is 0.343. The highest BCUT2D eigenvalue weighted by atomic mass is 32.2. The Hall–Kier alpha value is -2.06. The number of para-hydroxylation sites is 1. The van der Waals surface area contributed by atoms with Crippen LogP contribution in [0.3, 0.4) is 0 Å². The molecule has 0 aliphatic carbocycles. The molecule has 0 atom stereocenters. The van der Waals surface area contributed by atoms with Gasteiger partial charge in [-0.15, -0.1) is 11.8 Å². The Morgan fingerprint density at radius 2 is 1.90 bits per heavy atom. The zero-order chi connectivity index (χ0) is 14.4. The van der Waals surface area contributed by atoms with Gasteiger partial charge in [0.25, 0.3) is 0 Å². The molecular weight excluding hydrogens is 280 g/mol. The van der Waals surface area contributed by atoms with Crippen LogP contribution >= 0.6 is 11.8 Å². The summed E-state index contributed by atoms with van der Waals surface area (Å²) >= 11 is 1.36. The van der Waals surface area contributed by atoms with Crippen LogP contribution in [0.1, 0.15) is 5.56 Å². The first-order valence-corrected chi connectivity index (χ1v) is 6.89. The largest absolute Gasteiger partial charge is 0.491 e. The number of thioether (sulfide) groups is 1. The highest BCUT2D eigenvalue weighted by molar-refractivity contribution is 7.99. The van der Waals surface area contributed by atoms with Gasteiger partial charge in [0.1, 0.15) is 11.8 Å². The average molecular weight is 291 g/mol. The third-order valence-electron chi connectivity index (χ3n) is 2.51. The van der Waals surface area contributed by atoms with Crippen LogP contribution in [-0.2, 0) is 0 Å². The summed E-state index contributed by atoms with van der Waals surface area (Å²) in [4.78, 5) is 0.640. The second-order valence-corrected chi connectivity index (χ2v) is 5.05. The van der Waals surface area contributed by atoms with E-state index in [0.717, 1.165) is 12.1 Å². The van der Waals surface area contributed by atoms with Gasteiger partial charge in [-0.2, -0.15) is 5.26 Å². The van der Waals surface area contributed by atoms with Gasteiger partial charge in [-0.3, -0.25) is 0 Å². The number of nitrogens with zero attached hydrogens (tertiary/aromatic N) is 1. The van der Waals surface area contributed by atoms with E-state index in [9.17, 15) is 8.78 Å². The fourth-order valence-corrected chi connectivity index (χ4v) is 2.32. The molecule has 0 aromatic heterocycles. The SMILES string of the molecule is N#Cc1ccccc1OCCSc1ccc(F)c(F)c1. The number of halogens is 2. The molecule has 0 radical (unpaired) electrons. The molecule has 20 heavy (non-hydrogen) atoms. The summed E-state index contributed by atoms with van der Waals surface area (Å²) in [6.07, 6.45) is 0. The van der Waals surface area contributed by atoms with E-state index in [0.29, 0.717) is 28.6 Å². The van der Waals surface area contributed by atoms with Crippen LogP contribution < -0.4 is 4.74 Å². The molecular formula is C15H11F2NOS. The zero-order valence-electron chi connectivity index (χ0n) is 10.5. The van der Waals surface area contributed by atoms with Crippen molar-refractivity contribution in [2.24, 2.45) is 0 Å². The van der Waals surface area contributed by atoms with Crippen LogP contribution in [0, 0.1) is 23.0 Å². The molecule has 0 aliphatic rings. The second kappa shape index (κ2) is 6.92. The maximum Gasteiger partial charge on any atom is 0.159 e. The lowest BCUT2D eigenvalue weighted by Gasteiger charge is -2.07. The molecule has 0 spiro atoms. The molecule has 0 aliphatic heterocycles. The van der Waals surface area contributed by atoms with E-state index in [2.05, 4.69) is 0 Å². The summed E-state index contributed by atoms with van der Waals surface area (Å²) in [5.41, 5.74) is 0.477. The van der Waals surface area contributed by atoms with Crippen molar-refractivity contribution in [3.05, 3.63) is 59.7 Å². The molecule has 0 saturated heterocycles. The first-order chi connectivity index (χ1) is 9.70. The van der Waals surface area contributed by atoms with Crippen molar-refractivity contribution in [1.29, 1.82) is 5.26 Å². The van der Waals surface area contributed by atoms with E-state index in [1.165, 1.54) is 17.8 Å². The van der Waals surface area contributed by atoms with E-state index in [4.69, 9.17) is 10.00 Å². The summed E-state index contributed by atoms with van der Waals surface area (Å²) in [6, 6.07) is 12.8. The first-order valence-electron chi connectivity index (χ1n) is 5.90. The number of benzene rings is 2. The van der Waals surface area contributed by atoms with Gasteiger partial charge in [0.05, 0.1) is 12.2 Å². The van der Waals surface area contributed by atoms with Gasteiger partial charge in [-0.05, 0) is 30.3 Å². The minimum absolute atomic E-state index is 0.377. The third kappa shape index (κ3) is 3.72. The van der Waals surface area contributed by atoms with Crippen LogP contribution in [0.2, 0.25) is 0 Å². The highest BCUT2D eigenvalue weighted by Gasteiger charge is 2.04. The molecule has 0 saturated carbocycles. The summed E-state index contributed by atoms with van der Waals surface area (Å²) in [6.45, 7) is 0.377. The molecule has 0 bridgehead atoms. The lowest BCUT2D eigenvalue weighted by Crippen LogP contribution is -2.01. The maximum absolute atomic E-state index is 13.0. The van der Waals surface area contributed by atoms with Gasteiger partial charge in [-0.1, -0.05) is 12.1 Å². The number of rotatable bonds is 5. The van der Waals surface area contributed by atoms with Gasteiger partial charge in [-0.25, -0.2) is 8.78 Å². The van der Waals surface area contributed by atoms with Crippen LogP contribution in [0.15, 0.2) is 47.4 Å². The minimum atomic E-state index is -0.856. The summed E-state index contributed by atoms with van der Waals surface area (Å²) in [5, 5.41) is 8.90. The smallest absolute Gasteiger partial charge is 0.159 e. The fourth-order valence-electron chi connectivity index (χ4n) is 1.56. The van der Waals surface area contributed by atoms with E-state index >= 15 is 0 Å². The molecule has 0 heterocycles. The highest BCUT2D eigenvalue weighted by Crippen LogP contribution is 2.21. The van der Waals surface area contributed by atoms with Crippen molar-refractivity contribution >= 4 is 11.8 Å². The van der Waals surface area contributed by atoms with Gasteiger partial charge < -0.3 is 4.74 Å². The van der Waals surface area contributed by atoms with E-state index in [1.807, 2.05) is 6.07 Å². The number of hydrogen-bond donors (Lipinski definition) is 0. The molecule has 0 unspecified atom stereocenters. The zero-order valence-corrected chi connectivity index (χ0v) is 11.3. The summed E-state index contributed by atoms with van der Waals surface area (Å²) in [7, 11) is 0. The molecule has 2 aromatic rings. The lowest BCUT2D eigenvalue weighted by atomic mass is 10.2. The standard InChI is InChI=1S/C15H11F2NOS/c16-13-6-5-12(9-14(13)17)20-8-7-19-15-4-2-1-3-11(15)10-18/h1-6,9H,7-8H2. The molecule has 0 fully saturated rings. The topological polar surface area (TPSA) is 33.0 Å². The number of nitriles is 1. The molecule has 102 valence electrons. The van der Waals surface area contributed by atoms with Crippen LogP contribution in [0.25, 0.3) is 0 Å². The van der Waals surface area contributed by atoms with Crippen LogP contribution in [0.4, 0.5) is 8.78 Å². The minimum Gasteiger partial charge on any atom is -0.491 e. The Labute approximate surface area is 120 Å². The fraction of sp³-hybridized carbons (Fsp3) is 0.133. The average Bonchev–Trinajstić information content (AvgIpc) is 2.47. The van der Waals surface area contributed by atoms with Crippen molar-refractivity contribution in [2.75, 3.05) is 12.4 Å². The molecule has 0 amide bonds. The van der Waals surface area contributed by atoms with Gasteiger partial charge in [0, 0.05) is 10.6 Å². The van der Waals surface area contributed by atoms with E-state index in [-0.39, 0.29) is 0 Å². The normalized spacial score (nSPS) is 10.1. The molecule has 2 rings (SSSR count). The molecule has 2 nitrogen and oxygen atoms in total. The van der Waals surface area contributed by atoms with Gasteiger partial charge >= 0.3 is 0 Å². The Kier molecular flexibility index (Phi) is 4.97. The predicted molar refractivity (Wildman–Crippen MR) is 73.7 cm³/mol. The Morgan fingerprint density at radius 3 is 2.65 bits per heavy atom. The summed E-state index contributed by atoms with van der Waals surface area (Å²) < 4.78 is 31.2. The molecule has 0 N–H and O–H groups in total.